The van der Waals surface area contributed by atoms with E-state index in [4.69, 9.17) is 9.84 Å². The molecule has 0 aromatic carbocycles. The van der Waals surface area contributed by atoms with Gasteiger partial charge in [-0.15, -0.1) is 0 Å². The Bertz CT molecular complexity index is 521. The van der Waals surface area contributed by atoms with E-state index in [1.165, 1.54) is 6.07 Å². The van der Waals surface area contributed by atoms with Crippen LogP contribution in [0.15, 0.2) is 10.9 Å². The van der Waals surface area contributed by atoms with E-state index in [-0.39, 0.29) is 18.3 Å². The van der Waals surface area contributed by atoms with Crippen molar-refractivity contribution in [2.75, 3.05) is 24.6 Å². The predicted molar refractivity (Wildman–Crippen MR) is 73.1 cm³/mol. The first-order chi connectivity index (χ1) is 9.58. The van der Waals surface area contributed by atoms with Gasteiger partial charge in [0.15, 0.2) is 0 Å². The minimum absolute atomic E-state index is 0.0324. The van der Waals surface area contributed by atoms with E-state index >= 15 is 0 Å². The van der Waals surface area contributed by atoms with E-state index in [1.807, 2.05) is 11.8 Å². The maximum absolute atomic E-state index is 11.5. The average molecular weight is 281 g/mol. The fraction of sp³-hybridized carbons (Fsp3) is 0.615. The number of nitrogens with one attached hydrogen (secondary N) is 1. The number of hydrogen-bond acceptors (Lipinski definition) is 5. The topological polar surface area (TPSA) is 95.5 Å². The molecule has 1 aromatic heterocycles. The van der Waals surface area contributed by atoms with Gasteiger partial charge in [0.2, 0.25) is 0 Å². The predicted octanol–water partition coefficient (Wildman–Crippen LogP) is 0.402. The molecule has 1 aromatic rings. The number of rotatable bonds is 5. The molecular formula is C13H19N3O4. The minimum atomic E-state index is -0.948. The van der Waals surface area contributed by atoms with E-state index in [0.717, 1.165) is 12.8 Å². The molecule has 0 spiro atoms. The summed E-state index contributed by atoms with van der Waals surface area (Å²) in [5.74, 6) is 0.412. The van der Waals surface area contributed by atoms with Crippen LogP contribution in [0.2, 0.25) is 0 Å². The highest BCUT2D eigenvalue weighted by molar-refractivity contribution is 5.68. The molecule has 0 radical (unpaired) electrons. The van der Waals surface area contributed by atoms with Gasteiger partial charge in [0.05, 0.1) is 6.10 Å². The first-order valence-electron chi connectivity index (χ1n) is 6.77. The summed E-state index contributed by atoms with van der Waals surface area (Å²) >= 11 is 0. The van der Waals surface area contributed by atoms with Gasteiger partial charge in [-0.05, 0) is 12.8 Å². The van der Waals surface area contributed by atoms with Crippen LogP contribution in [0, 0.1) is 0 Å². The lowest BCUT2D eigenvalue weighted by molar-refractivity contribution is -0.144. The molecule has 2 rings (SSSR count). The number of carboxylic acids is 1. The number of ether oxygens (including phenoxy) is 1. The van der Waals surface area contributed by atoms with Crippen molar-refractivity contribution in [3.63, 3.8) is 0 Å². The third-order valence-electron chi connectivity index (χ3n) is 3.32. The third kappa shape index (κ3) is 3.80. The summed E-state index contributed by atoms with van der Waals surface area (Å²) in [6.07, 6.45) is 2.13. The normalized spacial score (nSPS) is 16.4. The molecule has 0 unspecified atom stereocenters. The molecule has 2 N–H and O–H groups in total. The Hall–Kier alpha value is -1.89. The number of nitrogens with zero attached hydrogens (tertiary/aromatic N) is 2. The lowest BCUT2D eigenvalue weighted by Gasteiger charge is -2.32. The summed E-state index contributed by atoms with van der Waals surface area (Å²) in [6.45, 7) is 3.11. The highest BCUT2D eigenvalue weighted by atomic mass is 16.5. The van der Waals surface area contributed by atoms with E-state index in [1.54, 1.807) is 0 Å². The van der Waals surface area contributed by atoms with Crippen LogP contribution < -0.4 is 10.5 Å². The summed E-state index contributed by atoms with van der Waals surface area (Å²) in [5, 5.41) is 8.58. The summed E-state index contributed by atoms with van der Waals surface area (Å²) in [5.41, 5.74) is -0.142. The maximum atomic E-state index is 11.5. The minimum Gasteiger partial charge on any atom is -0.480 e. The first-order valence-corrected chi connectivity index (χ1v) is 6.77. The fourth-order valence-electron chi connectivity index (χ4n) is 2.26. The molecular weight excluding hydrogens is 262 g/mol. The molecule has 0 amide bonds. The van der Waals surface area contributed by atoms with Crippen LogP contribution in [0.25, 0.3) is 0 Å². The van der Waals surface area contributed by atoms with Gasteiger partial charge in [-0.3, -0.25) is 4.79 Å². The van der Waals surface area contributed by atoms with Crippen LogP contribution in [0.1, 0.15) is 25.6 Å². The van der Waals surface area contributed by atoms with Crippen molar-refractivity contribution in [2.24, 2.45) is 0 Å². The molecule has 1 aliphatic heterocycles. The molecule has 1 fully saturated rings. The molecule has 7 nitrogen and oxygen atoms in total. The van der Waals surface area contributed by atoms with Gasteiger partial charge in [-0.25, -0.2) is 9.78 Å². The van der Waals surface area contributed by atoms with E-state index in [2.05, 4.69) is 9.97 Å². The largest absolute Gasteiger partial charge is 0.480 e. The van der Waals surface area contributed by atoms with Gasteiger partial charge in [-0.2, -0.15) is 0 Å². The van der Waals surface area contributed by atoms with Crippen molar-refractivity contribution in [3.05, 3.63) is 22.2 Å². The molecule has 110 valence electrons. The number of carboxylic acid groups (broad SMARTS) is 1. The van der Waals surface area contributed by atoms with Crippen molar-refractivity contribution in [2.45, 2.75) is 32.3 Å². The SMILES string of the molecule is CCc1nc(N2CCC(OCC(=O)O)CC2)cc(=O)[nH]1. The lowest BCUT2D eigenvalue weighted by atomic mass is 10.1. The molecule has 7 heteroatoms. The number of aromatic nitrogens is 2. The number of H-pyrrole nitrogens is 1. The van der Waals surface area contributed by atoms with Gasteiger partial charge in [0.1, 0.15) is 18.2 Å². The number of aliphatic carboxylic acids is 1. The van der Waals surface area contributed by atoms with Crippen molar-refractivity contribution < 1.29 is 14.6 Å². The Morgan fingerprint density at radius 3 is 2.85 bits per heavy atom. The van der Waals surface area contributed by atoms with Crippen LogP contribution in [0.3, 0.4) is 0 Å². The number of hydrogen-bond donors (Lipinski definition) is 2. The Kier molecular flexibility index (Phi) is 4.73. The molecule has 20 heavy (non-hydrogen) atoms. The Morgan fingerprint density at radius 1 is 1.55 bits per heavy atom. The summed E-state index contributed by atoms with van der Waals surface area (Å²) in [4.78, 5) is 31.1. The van der Waals surface area contributed by atoms with Crippen molar-refractivity contribution in [1.82, 2.24) is 9.97 Å². The monoisotopic (exact) mass is 281 g/mol. The lowest BCUT2D eigenvalue weighted by Crippen LogP contribution is -2.38. The number of carbonyl (C=O) groups is 1. The second-order valence-electron chi connectivity index (χ2n) is 4.79. The van der Waals surface area contributed by atoms with Crippen molar-refractivity contribution >= 4 is 11.8 Å². The van der Waals surface area contributed by atoms with Gasteiger partial charge in [0.25, 0.3) is 5.56 Å². The fourth-order valence-corrected chi connectivity index (χ4v) is 2.26. The van der Waals surface area contributed by atoms with E-state index < -0.39 is 5.97 Å². The molecule has 0 bridgehead atoms. The number of piperidine rings is 1. The molecule has 2 heterocycles. The average Bonchev–Trinajstić information content (AvgIpc) is 2.45. The molecule has 1 aliphatic rings. The second-order valence-corrected chi connectivity index (χ2v) is 4.79. The molecule has 0 aliphatic carbocycles. The number of anilines is 1. The van der Waals surface area contributed by atoms with E-state index in [9.17, 15) is 9.59 Å². The van der Waals surface area contributed by atoms with Gasteiger partial charge in [-0.1, -0.05) is 6.92 Å². The van der Waals surface area contributed by atoms with Crippen LogP contribution in [-0.2, 0) is 16.0 Å². The van der Waals surface area contributed by atoms with Gasteiger partial charge < -0.3 is 19.7 Å². The number of aryl methyl sites for hydroxylation is 1. The molecule has 1 saturated heterocycles. The molecule has 0 atom stereocenters. The van der Waals surface area contributed by atoms with E-state index in [0.29, 0.717) is 31.2 Å². The summed E-state index contributed by atoms with van der Waals surface area (Å²) in [6, 6.07) is 1.50. The highest BCUT2D eigenvalue weighted by Crippen LogP contribution is 2.18. The quantitative estimate of drug-likeness (QED) is 0.811. The Morgan fingerprint density at radius 2 is 2.25 bits per heavy atom. The van der Waals surface area contributed by atoms with Crippen LogP contribution in [-0.4, -0.2) is 46.8 Å². The van der Waals surface area contributed by atoms with Crippen LogP contribution in [0.4, 0.5) is 5.82 Å². The standard InChI is InChI=1S/C13H19N3O4/c1-2-10-14-11(7-12(17)15-10)16-5-3-9(4-6-16)20-8-13(18)19/h7,9H,2-6,8H2,1H3,(H,18,19)(H,14,15,17). The summed E-state index contributed by atoms with van der Waals surface area (Å²) in [7, 11) is 0. The highest BCUT2D eigenvalue weighted by Gasteiger charge is 2.21. The maximum Gasteiger partial charge on any atom is 0.329 e. The van der Waals surface area contributed by atoms with Crippen molar-refractivity contribution in [3.8, 4) is 0 Å². The Labute approximate surface area is 116 Å². The number of aromatic amines is 1. The van der Waals surface area contributed by atoms with Crippen molar-refractivity contribution in [1.29, 1.82) is 0 Å². The zero-order valence-electron chi connectivity index (χ0n) is 11.5. The first kappa shape index (κ1) is 14.5. The Balaban J connectivity index is 1.95. The summed E-state index contributed by atoms with van der Waals surface area (Å²) < 4.78 is 5.28. The second kappa shape index (κ2) is 6.51. The van der Waals surface area contributed by atoms with Gasteiger partial charge in [0, 0.05) is 25.6 Å². The van der Waals surface area contributed by atoms with Crippen LogP contribution in [0.5, 0.6) is 0 Å². The third-order valence-corrected chi connectivity index (χ3v) is 3.32. The zero-order valence-corrected chi connectivity index (χ0v) is 11.5. The van der Waals surface area contributed by atoms with Gasteiger partial charge >= 0.3 is 5.97 Å². The van der Waals surface area contributed by atoms with Crippen LogP contribution >= 0.6 is 0 Å². The zero-order chi connectivity index (χ0) is 14.5. The molecule has 0 saturated carbocycles. The smallest absolute Gasteiger partial charge is 0.329 e.